The summed E-state index contributed by atoms with van der Waals surface area (Å²) in [6, 6.07) is 0.117. The highest BCUT2D eigenvalue weighted by Crippen LogP contribution is 2.19. The number of aromatic nitrogens is 3. The molecule has 0 spiro atoms. The summed E-state index contributed by atoms with van der Waals surface area (Å²) >= 11 is 0. The minimum absolute atomic E-state index is 0.117. The molecule has 0 aromatic carbocycles. The molecule has 1 aliphatic rings. The van der Waals surface area contributed by atoms with Gasteiger partial charge in [-0.2, -0.15) is 5.10 Å². The Morgan fingerprint density at radius 3 is 3.00 bits per heavy atom. The third-order valence-corrected chi connectivity index (χ3v) is 2.30. The molecule has 5 heteroatoms. The van der Waals surface area contributed by atoms with E-state index in [4.69, 9.17) is 0 Å². The summed E-state index contributed by atoms with van der Waals surface area (Å²) in [5.74, 6) is 1.67. The molecule has 0 radical (unpaired) electrons. The van der Waals surface area contributed by atoms with Crippen molar-refractivity contribution in [3.8, 4) is 0 Å². The van der Waals surface area contributed by atoms with Crippen LogP contribution in [0.1, 0.15) is 31.0 Å². The van der Waals surface area contributed by atoms with E-state index in [1.54, 1.807) is 0 Å². The number of hydrogen-bond acceptors (Lipinski definition) is 4. The molecule has 2 atom stereocenters. The fourth-order valence-electron chi connectivity index (χ4n) is 1.54. The van der Waals surface area contributed by atoms with Crippen molar-refractivity contribution in [2.24, 2.45) is 0 Å². The summed E-state index contributed by atoms with van der Waals surface area (Å²) in [6.45, 7) is 2.67. The number of nitrogens with zero attached hydrogens (tertiary/aromatic N) is 2. The highest BCUT2D eigenvalue weighted by Gasteiger charge is 2.26. The Bertz CT molecular complexity index is 285. The molecule has 2 heterocycles. The van der Waals surface area contributed by atoms with Gasteiger partial charge >= 0.3 is 0 Å². The molecule has 1 aromatic rings. The van der Waals surface area contributed by atoms with E-state index >= 15 is 0 Å². The first-order chi connectivity index (χ1) is 6.29. The smallest absolute Gasteiger partial charge is 0.167 e. The van der Waals surface area contributed by atoms with Crippen molar-refractivity contribution >= 4 is 0 Å². The average Bonchev–Trinajstić information content (AvgIpc) is 2.71. The van der Waals surface area contributed by atoms with Crippen LogP contribution in [-0.2, 0) is 6.42 Å². The third-order valence-electron chi connectivity index (χ3n) is 2.30. The summed E-state index contributed by atoms with van der Waals surface area (Å²) in [5, 5.41) is 19.4. The largest absolute Gasteiger partial charge is 0.392 e. The van der Waals surface area contributed by atoms with Crippen LogP contribution in [0, 0.1) is 0 Å². The van der Waals surface area contributed by atoms with Crippen LogP contribution in [0.15, 0.2) is 0 Å². The Kier molecular flexibility index (Phi) is 2.28. The van der Waals surface area contributed by atoms with E-state index in [0.29, 0.717) is 13.0 Å². The van der Waals surface area contributed by atoms with Crippen molar-refractivity contribution in [3.63, 3.8) is 0 Å². The Balaban J connectivity index is 2.08. The van der Waals surface area contributed by atoms with E-state index in [2.05, 4.69) is 20.5 Å². The summed E-state index contributed by atoms with van der Waals surface area (Å²) in [6.07, 6.45) is 1.32. The van der Waals surface area contributed by atoms with Crippen molar-refractivity contribution in [2.75, 3.05) is 6.54 Å². The second-order valence-electron chi connectivity index (χ2n) is 3.34. The van der Waals surface area contributed by atoms with Crippen LogP contribution >= 0.6 is 0 Å². The Morgan fingerprint density at radius 1 is 1.62 bits per heavy atom. The number of rotatable bonds is 2. The Labute approximate surface area is 76.6 Å². The van der Waals surface area contributed by atoms with E-state index in [1.807, 2.05) is 6.92 Å². The van der Waals surface area contributed by atoms with Crippen molar-refractivity contribution in [3.05, 3.63) is 11.6 Å². The van der Waals surface area contributed by atoms with Crippen molar-refractivity contribution in [2.45, 2.75) is 31.9 Å². The molecule has 2 rings (SSSR count). The lowest BCUT2D eigenvalue weighted by atomic mass is 10.2. The van der Waals surface area contributed by atoms with Crippen LogP contribution in [-0.4, -0.2) is 32.9 Å². The van der Waals surface area contributed by atoms with E-state index in [9.17, 15) is 5.11 Å². The molecule has 1 saturated heterocycles. The minimum Gasteiger partial charge on any atom is -0.392 e. The zero-order valence-electron chi connectivity index (χ0n) is 7.62. The van der Waals surface area contributed by atoms with Crippen molar-refractivity contribution in [1.29, 1.82) is 0 Å². The minimum atomic E-state index is -0.256. The molecule has 0 saturated carbocycles. The van der Waals surface area contributed by atoms with Crippen LogP contribution in [0.4, 0.5) is 0 Å². The van der Waals surface area contributed by atoms with Gasteiger partial charge in [-0.05, 0) is 6.42 Å². The van der Waals surface area contributed by atoms with Gasteiger partial charge in [0.15, 0.2) is 5.82 Å². The van der Waals surface area contributed by atoms with Gasteiger partial charge in [-0.25, -0.2) is 4.98 Å². The Hall–Kier alpha value is -0.940. The molecule has 0 aliphatic carbocycles. The summed E-state index contributed by atoms with van der Waals surface area (Å²) in [5.41, 5.74) is 0. The predicted molar refractivity (Wildman–Crippen MR) is 47.1 cm³/mol. The van der Waals surface area contributed by atoms with E-state index in [0.717, 1.165) is 18.1 Å². The monoisotopic (exact) mass is 182 g/mol. The number of nitrogens with one attached hydrogen (secondary N) is 2. The van der Waals surface area contributed by atoms with Crippen LogP contribution in [0.2, 0.25) is 0 Å². The van der Waals surface area contributed by atoms with Gasteiger partial charge in [0.25, 0.3) is 0 Å². The highest BCUT2D eigenvalue weighted by molar-refractivity contribution is 5.00. The lowest BCUT2D eigenvalue weighted by Gasteiger charge is -2.02. The lowest BCUT2D eigenvalue weighted by molar-refractivity contribution is 0.193. The maximum Gasteiger partial charge on any atom is 0.167 e. The summed E-state index contributed by atoms with van der Waals surface area (Å²) < 4.78 is 0. The molecule has 3 N–H and O–H groups in total. The molecule has 1 aliphatic heterocycles. The number of H-pyrrole nitrogens is 1. The van der Waals surface area contributed by atoms with Crippen LogP contribution in [0.3, 0.4) is 0 Å². The van der Waals surface area contributed by atoms with Gasteiger partial charge in [-0.3, -0.25) is 5.10 Å². The fourth-order valence-corrected chi connectivity index (χ4v) is 1.54. The summed E-state index contributed by atoms with van der Waals surface area (Å²) in [4.78, 5) is 4.30. The standard InChI is InChI=1S/C8H14N4O/c1-2-7-10-8(12-11-7)6-3-5(13)4-9-6/h5-6,9,13H,2-4H2,1H3,(H,10,11,12)/t5-,6-/m0/s1. The normalized spacial score (nSPS) is 28.2. The molecule has 1 aromatic heterocycles. The molecule has 72 valence electrons. The van der Waals surface area contributed by atoms with Crippen molar-refractivity contribution < 1.29 is 5.11 Å². The van der Waals surface area contributed by atoms with Crippen LogP contribution < -0.4 is 5.32 Å². The molecule has 0 amide bonds. The van der Waals surface area contributed by atoms with Gasteiger partial charge in [0.05, 0.1) is 12.1 Å². The topological polar surface area (TPSA) is 73.8 Å². The zero-order valence-corrected chi connectivity index (χ0v) is 7.62. The quantitative estimate of drug-likeness (QED) is 0.590. The second-order valence-corrected chi connectivity index (χ2v) is 3.34. The van der Waals surface area contributed by atoms with Gasteiger partial charge in [0, 0.05) is 13.0 Å². The molecule has 0 unspecified atom stereocenters. The number of aliphatic hydroxyl groups excluding tert-OH is 1. The van der Waals surface area contributed by atoms with E-state index in [1.165, 1.54) is 0 Å². The van der Waals surface area contributed by atoms with Gasteiger partial charge in [0.2, 0.25) is 0 Å². The van der Waals surface area contributed by atoms with E-state index < -0.39 is 0 Å². The number of aryl methyl sites for hydroxylation is 1. The molecule has 13 heavy (non-hydrogen) atoms. The highest BCUT2D eigenvalue weighted by atomic mass is 16.3. The first-order valence-corrected chi connectivity index (χ1v) is 4.62. The SMILES string of the molecule is CCc1nc([C@@H]2C[C@H](O)CN2)n[nH]1. The third kappa shape index (κ3) is 1.71. The Morgan fingerprint density at radius 2 is 2.46 bits per heavy atom. The first kappa shape index (κ1) is 8.65. The van der Waals surface area contributed by atoms with Crippen molar-refractivity contribution in [1.82, 2.24) is 20.5 Å². The molecule has 5 nitrogen and oxygen atoms in total. The van der Waals surface area contributed by atoms with Gasteiger partial charge in [0.1, 0.15) is 5.82 Å². The maximum atomic E-state index is 9.30. The molecular weight excluding hydrogens is 168 g/mol. The molecular formula is C8H14N4O. The summed E-state index contributed by atoms with van der Waals surface area (Å²) in [7, 11) is 0. The number of aliphatic hydroxyl groups is 1. The lowest BCUT2D eigenvalue weighted by Crippen LogP contribution is -2.15. The van der Waals surface area contributed by atoms with Crippen LogP contribution in [0.5, 0.6) is 0 Å². The maximum absolute atomic E-state index is 9.30. The second kappa shape index (κ2) is 3.43. The first-order valence-electron chi connectivity index (χ1n) is 4.62. The van der Waals surface area contributed by atoms with Gasteiger partial charge in [-0.15, -0.1) is 0 Å². The fraction of sp³-hybridized carbons (Fsp3) is 0.750. The average molecular weight is 182 g/mol. The number of β-amino-alcohol motifs (C(OH)–C–C–N with tert-alkyl or cyclic N) is 1. The zero-order chi connectivity index (χ0) is 9.26. The predicted octanol–water partition coefficient (Wildman–Crippen LogP) is -0.238. The van der Waals surface area contributed by atoms with E-state index in [-0.39, 0.29) is 12.1 Å². The van der Waals surface area contributed by atoms with Gasteiger partial charge < -0.3 is 10.4 Å². The van der Waals surface area contributed by atoms with Crippen LogP contribution in [0.25, 0.3) is 0 Å². The molecule has 0 bridgehead atoms. The number of aromatic amines is 1. The number of hydrogen-bond donors (Lipinski definition) is 3. The van der Waals surface area contributed by atoms with Gasteiger partial charge in [-0.1, -0.05) is 6.92 Å². The molecule has 1 fully saturated rings.